The summed E-state index contributed by atoms with van der Waals surface area (Å²) in [5.41, 5.74) is 7.78. The van der Waals surface area contributed by atoms with Gasteiger partial charge in [0.25, 0.3) is 0 Å². The summed E-state index contributed by atoms with van der Waals surface area (Å²) >= 11 is 6.94. The lowest BCUT2D eigenvalue weighted by atomic mass is 9.87. The molecule has 354 valence electrons. The van der Waals surface area contributed by atoms with Gasteiger partial charge in [-0.1, -0.05) is 79.8 Å². The first-order valence-corrected chi connectivity index (χ1v) is 23.7. The van der Waals surface area contributed by atoms with E-state index in [-0.39, 0.29) is 60.1 Å². The van der Waals surface area contributed by atoms with Crippen molar-refractivity contribution >= 4 is 35.6 Å². The van der Waals surface area contributed by atoms with Gasteiger partial charge in [0.1, 0.15) is 59.3 Å². The fourth-order valence-corrected chi connectivity index (χ4v) is 10.3. The molecule has 0 unspecified atom stereocenters. The third-order valence-corrected chi connectivity index (χ3v) is 14.3. The maximum Gasteiger partial charge on any atom is 0.407 e. The average molecular weight is 928 g/mol. The molecule has 0 saturated carbocycles. The van der Waals surface area contributed by atoms with E-state index in [0.29, 0.717) is 67.2 Å². The molecule has 16 nitrogen and oxygen atoms in total. The Morgan fingerprint density at radius 1 is 0.727 bits per heavy atom. The fraction of sp³-hybridized carbons (Fsp3) is 0.551. The minimum Gasteiger partial charge on any atom is -0.488 e. The number of methoxy groups -OCH3 is 2. The number of aromatic amines is 2. The Kier molecular flexibility index (Phi) is 13.3. The molecule has 8 rings (SSSR count). The van der Waals surface area contributed by atoms with E-state index in [0.717, 1.165) is 56.9 Å². The van der Waals surface area contributed by atoms with Crippen molar-refractivity contribution in [2.75, 3.05) is 27.3 Å². The van der Waals surface area contributed by atoms with Gasteiger partial charge in [-0.15, -0.1) is 0 Å². The Morgan fingerprint density at radius 2 is 1.17 bits per heavy atom. The van der Waals surface area contributed by atoms with E-state index in [1.807, 2.05) is 44.7 Å². The molecule has 0 radical (unpaired) electrons. The molecule has 2 aromatic heterocycles. The van der Waals surface area contributed by atoms with E-state index in [4.69, 9.17) is 40.5 Å². The highest BCUT2D eigenvalue weighted by molar-refractivity contribution is 6.32. The lowest BCUT2D eigenvalue weighted by Gasteiger charge is -2.31. The third-order valence-electron chi connectivity index (χ3n) is 14.0. The smallest absolute Gasteiger partial charge is 0.407 e. The lowest BCUT2D eigenvalue weighted by molar-refractivity contribution is -0.136. The Hall–Kier alpha value is -5.77. The zero-order chi connectivity index (χ0) is 47.3. The van der Waals surface area contributed by atoms with Crippen LogP contribution in [-0.2, 0) is 32.3 Å². The third kappa shape index (κ3) is 8.68. The van der Waals surface area contributed by atoms with Gasteiger partial charge >= 0.3 is 12.2 Å². The van der Waals surface area contributed by atoms with Crippen molar-refractivity contribution in [2.45, 2.75) is 124 Å². The number of hydrogen-bond acceptors (Lipinski definition) is 10. The summed E-state index contributed by atoms with van der Waals surface area (Å²) in [6.07, 6.45) is 1.53. The molecule has 66 heavy (non-hydrogen) atoms. The minimum atomic E-state index is -0.750. The topological polar surface area (TPSA) is 193 Å². The SMILES string of the molecule is CC[C@H](C)[C@H](NC(=O)OC)C(=O)N1C[C@@H](C)C[C@H]1c1nc(-c2cc3c4c(c2)OCc2cc(-c5nc([C@@H]6C[C@H](C)CN6C(=O)[C@@H](NC(=O)OC)[C@@H](C)CC)[nH]c5C(C)C)cc(c2-4)OC3)c(Cl)[nH]1. The van der Waals surface area contributed by atoms with Gasteiger partial charge in [0.15, 0.2) is 0 Å². The van der Waals surface area contributed by atoms with Crippen molar-refractivity contribution in [1.29, 1.82) is 0 Å². The maximum atomic E-state index is 14.2. The summed E-state index contributed by atoms with van der Waals surface area (Å²) in [6, 6.07) is 6.03. The van der Waals surface area contributed by atoms with Crippen LogP contribution in [0.4, 0.5) is 9.59 Å². The molecular formula is C49H63ClN8O8. The second-order valence-corrected chi connectivity index (χ2v) is 19.5. The van der Waals surface area contributed by atoms with Crippen LogP contribution in [0.15, 0.2) is 24.3 Å². The van der Waals surface area contributed by atoms with Crippen LogP contribution in [0.1, 0.15) is 128 Å². The number of ether oxygens (including phenoxy) is 4. The number of nitrogens with zero attached hydrogens (tertiary/aromatic N) is 4. The van der Waals surface area contributed by atoms with Crippen LogP contribution < -0.4 is 20.1 Å². The van der Waals surface area contributed by atoms with Crippen molar-refractivity contribution in [3.8, 4) is 45.1 Å². The molecule has 4 amide bonds. The van der Waals surface area contributed by atoms with Crippen LogP contribution in [0.2, 0.25) is 5.15 Å². The molecule has 6 heterocycles. The number of H-pyrrole nitrogens is 2. The van der Waals surface area contributed by atoms with Gasteiger partial charge in [-0.05, 0) is 66.7 Å². The van der Waals surface area contributed by atoms with Gasteiger partial charge in [-0.2, -0.15) is 0 Å². The van der Waals surface area contributed by atoms with E-state index in [1.165, 1.54) is 14.2 Å². The molecule has 4 aliphatic rings. The first-order valence-electron chi connectivity index (χ1n) is 23.3. The van der Waals surface area contributed by atoms with Crippen LogP contribution in [0, 0.1) is 23.7 Å². The second kappa shape index (κ2) is 18.8. The van der Waals surface area contributed by atoms with E-state index >= 15 is 0 Å². The minimum absolute atomic E-state index is 0.0913. The molecule has 4 aromatic rings. The van der Waals surface area contributed by atoms with Gasteiger partial charge in [-0.25, -0.2) is 19.6 Å². The number of halogens is 1. The van der Waals surface area contributed by atoms with Crippen molar-refractivity contribution in [2.24, 2.45) is 23.7 Å². The Morgan fingerprint density at radius 3 is 1.61 bits per heavy atom. The predicted molar refractivity (Wildman–Crippen MR) is 249 cm³/mol. The first-order chi connectivity index (χ1) is 31.5. The van der Waals surface area contributed by atoms with Crippen LogP contribution in [-0.4, -0.2) is 93.1 Å². The van der Waals surface area contributed by atoms with E-state index < -0.39 is 24.3 Å². The average Bonchev–Trinajstić information content (AvgIpc) is 4.12. The zero-order valence-electron chi connectivity index (χ0n) is 39.6. The molecule has 17 heteroatoms. The number of benzene rings is 2. The number of imidazole rings is 2. The van der Waals surface area contributed by atoms with Gasteiger partial charge in [-0.3, -0.25) is 9.59 Å². The molecule has 4 aliphatic heterocycles. The quantitative estimate of drug-likeness (QED) is 0.101. The summed E-state index contributed by atoms with van der Waals surface area (Å²) in [7, 11) is 2.59. The number of hydrogen-bond donors (Lipinski definition) is 4. The maximum absolute atomic E-state index is 14.2. The highest BCUT2D eigenvalue weighted by Gasteiger charge is 2.43. The number of likely N-dealkylation sites (tertiary alicyclic amines) is 2. The number of nitrogens with one attached hydrogen (secondary N) is 4. The Labute approximate surface area is 391 Å². The normalized spacial score (nSPS) is 21.3. The highest BCUT2D eigenvalue weighted by Crippen LogP contribution is 2.52. The fourth-order valence-electron chi connectivity index (χ4n) is 10.1. The number of amides is 4. The molecule has 0 aliphatic carbocycles. The van der Waals surface area contributed by atoms with Crippen molar-refractivity contribution < 1.29 is 38.1 Å². The molecule has 2 saturated heterocycles. The van der Waals surface area contributed by atoms with Crippen molar-refractivity contribution in [1.82, 2.24) is 40.4 Å². The molecule has 0 spiro atoms. The Balaban J connectivity index is 1.08. The summed E-state index contributed by atoms with van der Waals surface area (Å²) in [5.74, 6) is 2.70. The predicted octanol–water partition coefficient (Wildman–Crippen LogP) is 9.06. The van der Waals surface area contributed by atoms with Gasteiger partial charge < -0.3 is 49.3 Å². The second-order valence-electron chi connectivity index (χ2n) is 19.1. The number of carbonyl (C=O) groups is 4. The summed E-state index contributed by atoms with van der Waals surface area (Å²) in [6.45, 7) is 18.0. The van der Waals surface area contributed by atoms with Gasteiger partial charge in [0.2, 0.25) is 11.8 Å². The lowest BCUT2D eigenvalue weighted by Crippen LogP contribution is -2.51. The molecule has 8 atom stereocenters. The van der Waals surface area contributed by atoms with Gasteiger partial charge in [0.05, 0.1) is 32.0 Å². The van der Waals surface area contributed by atoms with Crippen LogP contribution >= 0.6 is 11.6 Å². The summed E-state index contributed by atoms with van der Waals surface area (Å²) in [5, 5.41) is 5.90. The molecular weight excluding hydrogens is 864 g/mol. The number of carbonyl (C=O) groups excluding carboxylic acids is 4. The van der Waals surface area contributed by atoms with E-state index in [1.54, 1.807) is 4.90 Å². The summed E-state index contributed by atoms with van der Waals surface area (Å²) < 4.78 is 22.8. The van der Waals surface area contributed by atoms with E-state index in [9.17, 15) is 19.2 Å². The van der Waals surface area contributed by atoms with E-state index in [2.05, 4.69) is 60.4 Å². The van der Waals surface area contributed by atoms with Crippen LogP contribution in [0.25, 0.3) is 33.6 Å². The molecule has 2 aromatic carbocycles. The van der Waals surface area contributed by atoms with Crippen molar-refractivity contribution in [3.63, 3.8) is 0 Å². The molecule has 4 N–H and O–H groups in total. The van der Waals surface area contributed by atoms with Crippen LogP contribution in [0.3, 0.4) is 0 Å². The number of alkyl carbamates (subject to hydrolysis) is 2. The molecule has 0 bridgehead atoms. The molecule has 2 fully saturated rings. The Bertz CT molecular complexity index is 2470. The van der Waals surface area contributed by atoms with Crippen molar-refractivity contribution in [3.05, 3.63) is 57.9 Å². The number of aromatic nitrogens is 4. The standard InChI is InChI=1S/C49H63ClN8O8/c1-11-26(7)39(54-48(61)63-9)46(59)57-19-24(5)13-32(57)44-51-38(23(3)4)41(52-44)28-15-30-21-66-35-18-29(16-31-22-65-34(17-28)36(30)37(31)35)42-43(50)56-45(53-42)33-14-25(6)20-58(33)47(60)40(27(8)12-2)55-49(62)64-10/h15-18,23-27,32-33,39-40H,11-14,19-22H2,1-10H3,(H,51,52)(H,53,56)(H,54,61)(H,55,62)/t24-,25-,26-,27-,32-,33-,39-,40-/m0/s1. The zero-order valence-corrected chi connectivity index (χ0v) is 40.4. The number of rotatable bonds is 13. The highest BCUT2D eigenvalue weighted by atomic mass is 35.5. The monoisotopic (exact) mass is 926 g/mol. The van der Waals surface area contributed by atoms with Crippen LogP contribution in [0.5, 0.6) is 11.5 Å². The first kappa shape index (κ1) is 46.7. The summed E-state index contributed by atoms with van der Waals surface area (Å²) in [4.78, 5) is 73.8. The largest absolute Gasteiger partial charge is 0.488 e. The van der Waals surface area contributed by atoms with Gasteiger partial charge in [0, 0.05) is 52.2 Å².